The number of hydrogen-bond acceptors (Lipinski definition) is 4. The first-order valence-electron chi connectivity index (χ1n) is 12.8. The Morgan fingerprint density at radius 3 is 1.23 bits per heavy atom. The van der Waals surface area contributed by atoms with Crippen LogP contribution in [-0.4, -0.2) is 27.1 Å². The third kappa shape index (κ3) is 5.41. The summed E-state index contributed by atoms with van der Waals surface area (Å²) < 4.78 is 0. The molecule has 6 rings (SSSR count). The maximum absolute atomic E-state index is 9.36. The Balaban J connectivity index is 1.37. The van der Waals surface area contributed by atoms with Crippen LogP contribution in [0.1, 0.15) is 0 Å². The minimum Gasteiger partial charge on any atom is -0.423 e. The Labute approximate surface area is 228 Å². The standard InChI is InChI=1S/C34H25BN2O2/c38-35(39)31-21-19-27(20-22-31)26-13-17-30(18-14-26)34-36-32(28-9-5-2-6-10-28)23-33(37-34)29-15-11-25(12-16-29)24-7-3-1-4-8-24/h1-23,38-39H. The number of nitrogens with zero attached hydrogens (tertiary/aromatic N) is 2. The summed E-state index contributed by atoms with van der Waals surface area (Å²) in [6.07, 6.45) is 0. The molecule has 0 bridgehead atoms. The molecule has 1 heterocycles. The van der Waals surface area contributed by atoms with Crippen molar-refractivity contribution in [2.75, 3.05) is 0 Å². The molecule has 0 saturated heterocycles. The van der Waals surface area contributed by atoms with Crippen LogP contribution < -0.4 is 5.46 Å². The van der Waals surface area contributed by atoms with Crippen molar-refractivity contribution < 1.29 is 10.0 Å². The number of rotatable bonds is 6. The largest absolute Gasteiger partial charge is 0.488 e. The summed E-state index contributed by atoms with van der Waals surface area (Å²) in [6, 6.07) is 46.3. The van der Waals surface area contributed by atoms with E-state index < -0.39 is 7.12 Å². The van der Waals surface area contributed by atoms with E-state index >= 15 is 0 Å². The summed E-state index contributed by atoms with van der Waals surface area (Å²) in [5, 5.41) is 18.7. The molecule has 4 nitrogen and oxygen atoms in total. The van der Waals surface area contributed by atoms with E-state index in [2.05, 4.69) is 48.5 Å². The van der Waals surface area contributed by atoms with Crippen LogP contribution in [-0.2, 0) is 0 Å². The molecule has 39 heavy (non-hydrogen) atoms. The van der Waals surface area contributed by atoms with Gasteiger partial charge in [-0.25, -0.2) is 9.97 Å². The van der Waals surface area contributed by atoms with Gasteiger partial charge in [0.15, 0.2) is 5.82 Å². The number of hydrogen-bond donors (Lipinski definition) is 2. The highest BCUT2D eigenvalue weighted by Crippen LogP contribution is 2.30. The van der Waals surface area contributed by atoms with Crippen LogP contribution in [0.5, 0.6) is 0 Å². The molecule has 0 saturated carbocycles. The zero-order valence-corrected chi connectivity index (χ0v) is 21.1. The fraction of sp³-hybridized carbons (Fsp3) is 0. The minimum absolute atomic E-state index is 0.464. The van der Waals surface area contributed by atoms with E-state index in [4.69, 9.17) is 9.97 Å². The molecule has 0 aliphatic rings. The van der Waals surface area contributed by atoms with Crippen LogP contribution in [0.25, 0.3) is 56.2 Å². The third-order valence-corrected chi connectivity index (χ3v) is 6.77. The highest BCUT2D eigenvalue weighted by Gasteiger charge is 2.13. The van der Waals surface area contributed by atoms with E-state index in [9.17, 15) is 10.0 Å². The summed E-state index contributed by atoms with van der Waals surface area (Å²) in [6.45, 7) is 0. The second-order valence-electron chi connectivity index (χ2n) is 9.34. The van der Waals surface area contributed by atoms with E-state index in [1.165, 1.54) is 5.56 Å². The normalized spacial score (nSPS) is 10.8. The molecule has 0 aliphatic carbocycles. The van der Waals surface area contributed by atoms with Gasteiger partial charge in [0.25, 0.3) is 0 Å². The van der Waals surface area contributed by atoms with Crippen LogP contribution >= 0.6 is 0 Å². The topological polar surface area (TPSA) is 66.2 Å². The maximum atomic E-state index is 9.36. The number of benzene rings is 5. The molecule has 0 fully saturated rings. The van der Waals surface area contributed by atoms with Crippen molar-refractivity contribution in [2.45, 2.75) is 0 Å². The fourth-order valence-corrected chi connectivity index (χ4v) is 4.60. The van der Waals surface area contributed by atoms with Gasteiger partial charge in [-0.15, -0.1) is 0 Å². The van der Waals surface area contributed by atoms with Crippen molar-refractivity contribution in [2.24, 2.45) is 0 Å². The fourth-order valence-electron chi connectivity index (χ4n) is 4.60. The van der Waals surface area contributed by atoms with E-state index in [0.29, 0.717) is 11.3 Å². The lowest BCUT2D eigenvalue weighted by atomic mass is 9.80. The first-order valence-corrected chi connectivity index (χ1v) is 12.8. The Morgan fingerprint density at radius 2 is 0.744 bits per heavy atom. The lowest BCUT2D eigenvalue weighted by Crippen LogP contribution is -2.29. The van der Waals surface area contributed by atoms with Gasteiger partial charge in [0.2, 0.25) is 0 Å². The van der Waals surface area contributed by atoms with Crippen LogP contribution in [0.4, 0.5) is 0 Å². The van der Waals surface area contributed by atoms with Crippen molar-refractivity contribution in [3.8, 4) is 56.2 Å². The monoisotopic (exact) mass is 504 g/mol. The lowest BCUT2D eigenvalue weighted by molar-refractivity contribution is 0.426. The third-order valence-electron chi connectivity index (χ3n) is 6.77. The number of aromatic nitrogens is 2. The SMILES string of the molecule is OB(O)c1ccc(-c2ccc(-c3nc(-c4ccccc4)cc(-c4ccc(-c5ccccc5)cc4)n3)cc2)cc1. The predicted molar refractivity (Wildman–Crippen MR) is 159 cm³/mol. The average Bonchev–Trinajstić information content (AvgIpc) is 3.02. The molecule has 6 aromatic rings. The first kappa shape index (κ1) is 24.5. The zero-order chi connectivity index (χ0) is 26.6. The van der Waals surface area contributed by atoms with Crippen molar-refractivity contribution in [1.29, 1.82) is 0 Å². The molecule has 0 spiro atoms. The molecule has 0 atom stereocenters. The Bertz CT molecular complexity index is 1690. The van der Waals surface area contributed by atoms with Gasteiger partial charge in [0.05, 0.1) is 11.4 Å². The molecule has 2 N–H and O–H groups in total. The molecular weight excluding hydrogens is 479 g/mol. The van der Waals surface area contributed by atoms with E-state index in [1.807, 2.05) is 78.9 Å². The maximum Gasteiger partial charge on any atom is 0.488 e. The smallest absolute Gasteiger partial charge is 0.423 e. The predicted octanol–water partition coefficient (Wildman–Crippen LogP) is 6.49. The lowest BCUT2D eigenvalue weighted by Gasteiger charge is -2.11. The summed E-state index contributed by atoms with van der Waals surface area (Å²) >= 11 is 0. The molecule has 186 valence electrons. The highest BCUT2D eigenvalue weighted by atomic mass is 16.4. The summed E-state index contributed by atoms with van der Waals surface area (Å²) in [4.78, 5) is 9.90. The molecule has 1 aromatic heterocycles. The zero-order valence-electron chi connectivity index (χ0n) is 21.1. The van der Waals surface area contributed by atoms with Crippen LogP contribution in [0.2, 0.25) is 0 Å². The van der Waals surface area contributed by atoms with Crippen molar-refractivity contribution >= 4 is 12.6 Å². The molecule has 0 aliphatic heterocycles. The first-order chi connectivity index (χ1) is 19.1. The minimum atomic E-state index is -1.47. The van der Waals surface area contributed by atoms with Gasteiger partial charge < -0.3 is 10.0 Å². The Kier molecular flexibility index (Phi) is 6.83. The van der Waals surface area contributed by atoms with Crippen LogP contribution in [0, 0.1) is 0 Å². The molecule has 0 unspecified atom stereocenters. The van der Waals surface area contributed by atoms with Gasteiger partial charge in [0.1, 0.15) is 0 Å². The van der Waals surface area contributed by atoms with Gasteiger partial charge in [-0.1, -0.05) is 133 Å². The van der Waals surface area contributed by atoms with Gasteiger partial charge in [0, 0.05) is 16.7 Å². The van der Waals surface area contributed by atoms with Gasteiger partial charge in [-0.05, 0) is 33.8 Å². The Morgan fingerprint density at radius 1 is 0.385 bits per heavy atom. The summed E-state index contributed by atoms with van der Waals surface area (Å²) in [5.41, 5.74) is 9.52. The summed E-state index contributed by atoms with van der Waals surface area (Å²) in [5.74, 6) is 0.656. The highest BCUT2D eigenvalue weighted by molar-refractivity contribution is 6.58. The Hall–Kier alpha value is -4.84. The van der Waals surface area contributed by atoms with Gasteiger partial charge >= 0.3 is 7.12 Å². The van der Waals surface area contributed by atoms with E-state index in [0.717, 1.165) is 44.8 Å². The molecule has 0 radical (unpaired) electrons. The van der Waals surface area contributed by atoms with Crippen molar-refractivity contribution in [3.05, 3.63) is 140 Å². The molecule has 0 amide bonds. The quantitative estimate of drug-likeness (QED) is 0.255. The van der Waals surface area contributed by atoms with Crippen LogP contribution in [0.3, 0.4) is 0 Å². The molecule has 5 aromatic carbocycles. The van der Waals surface area contributed by atoms with Gasteiger partial charge in [-0.3, -0.25) is 0 Å². The van der Waals surface area contributed by atoms with E-state index in [1.54, 1.807) is 12.1 Å². The molecule has 5 heteroatoms. The van der Waals surface area contributed by atoms with Crippen molar-refractivity contribution in [1.82, 2.24) is 9.97 Å². The van der Waals surface area contributed by atoms with E-state index in [-0.39, 0.29) is 0 Å². The second-order valence-corrected chi connectivity index (χ2v) is 9.34. The van der Waals surface area contributed by atoms with Gasteiger partial charge in [-0.2, -0.15) is 0 Å². The van der Waals surface area contributed by atoms with Crippen molar-refractivity contribution in [3.63, 3.8) is 0 Å². The average molecular weight is 504 g/mol. The summed E-state index contributed by atoms with van der Waals surface area (Å²) in [7, 11) is -1.47. The van der Waals surface area contributed by atoms with Crippen LogP contribution in [0.15, 0.2) is 140 Å². The second kappa shape index (κ2) is 10.9. The molecular formula is C34H25BN2O2.